The van der Waals surface area contributed by atoms with E-state index in [9.17, 15) is 0 Å². The number of fused-ring (bicyclic) bond motifs is 1. The Morgan fingerprint density at radius 1 is 1.31 bits per heavy atom. The first-order valence-corrected chi connectivity index (χ1v) is 5.51. The van der Waals surface area contributed by atoms with Crippen LogP contribution in [0.5, 0.6) is 0 Å². The fourth-order valence-electron chi connectivity index (χ4n) is 2.01. The monoisotopic (exact) mass is 215 g/mol. The van der Waals surface area contributed by atoms with E-state index in [4.69, 9.17) is 9.31 Å². The first kappa shape index (κ1) is 9.93. The van der Waals surface area contributed by atoms with E-state index in [1.54, 1.807) is 0 Å². The molecule has 0 saturated carbocycles. The van der Waals surface area contributed by atoms with Crippen LogP contribution in [0.4, 0.5) is 0 Å². The van der Waals surface area contributed by atoms with Crippen LogP contribution in [0.2, 0.25) is 0 Å². The molecule has 16 heavy (non-hydrogen) atoms. The molecule has 0 spiro atoms. The van der Waals surface area contributed by atoms with Crippen molar-refractivity contribution in [1.29, 1.82) is 0 Å². The summed E-state index contributed by atoms with van der Waals surface area (Å²) in [6.45, 7) is 4.72. The van der Waals surface area contributed by atoms with E-state index in [1.807, 2.05) is 20.0 Å². The van der Waals surface area contributed by atoms with Gasteiger partial charge in [0.05, 0.1) is 12.2 Å². The van der Waals surface area contributed by atoms with Crippen LogP contribution in [0.3, 0.4) is 0 Å². The molecule has 1 saturated heterocycles. The van der Waals surface area contributed by atoms with Gasteiger partial charge in [0.25, 0.3) is 0 Å². The molecule has 3 rings (SSSR count). The van der Waals surface area contributed by atoms with Crippen molar-refractivity contribution in [3.63, 3.8) is 0 Å². The summed E-state index contributed by atoms with van der Waals surface area (Å²) >= 11 is 0. The Morgan fingerprint density at radius 2 is 2.19 bits per heavy atom. The standard InChI is InChI=1S/C12H14BNO2/c1-12(2)8-15-13(16-12)10-4-3-9-5-6-14-11(9)7-10/h3-7,14H,8H2,1-2H3. The summed E-state index contributed by atoms with van der Waals surface area (Å²) in [7, 11) is -0.234. The van der Waals surface area contributed by atoms with Crippen LogP contribution in [-0.4, -0.2) is 24.3 Å². The highest BCUT2D eigenvalue weighted by Crippen LogP contribution is 2.20. The molecule has 3 nitrogen and oxygen atoms in total. The largest absolute Gasteiger partial charge is 0.494 e. The number of aromatic nitrogens is 1. The fourth-order valence-corrected chi connectivity index (χ4v) is 2.01. The lowest BCUT2D eigenvalue weighted by Crippen LogP contribution is -2.34. The number of benzene rings is 1. The van der Waals surface area contributed by atoms with Gasteiger partial charge < -0.3 is 14.3 Å². The maximum Gasteiger partial charge on any atom is 0.494 e. The highest BCUT2D eigenvalue weighted by molar-refractivity contribution is 6.62. The van der Waals surface area contributed by atoms with Crippen LogP contribution in [0.15, 0.2) is 30.5 Å². The molecule has 82 valence electrons. The lowest BCUT2D eigenvalue weighted by molar-refractivity contribution is 0.137. The van der Waals surface area contributed by atoms with E-state index < -0.39 is 0 Å². The Bertz CT molecular complexity index is 520. The smallest absolute Gasteiger partial charge is 0.404 e. The second-order valence-corrected chi connectivity index (χ2v) is 4.84. The molecule has 1 aliphatic heterocycles. The first-order chi connectivity index (χ1) is 7.64. The van der Waals surface area contributed by atoms with Crippen molar-refractivity contribution in [3.8, 4) is 0 Å². The van der Waals surface area contributed by atoms with Gasteiger partial charge in [0.15, 0.2) is 0 Å². The maximum atomic E-state index is 5.82. The number of H-pyrrole nitrogens is 1. The molecule has 1 aromatic carbocycles. The quantitative estimate of drug-likeness (QED) is 0.734. The third-order valence-electron chi connectivity index (χ3n) is 2.86. The first-order valence-electron chi connectivity index (χ1n) is 5.51. The summed E-state index contributed by atoms with van der Waals surface area (Å²) in [5.74, 6) is 0. The van der Waals surface area contributed by atoms with Crippen LogP contribution >= 0.6 is 0 Å². The van der Waals surface area contributed by atoms with Crippen LogP contribution < -0.4 is 5.46 Å². The lowest BCUT2D eigenvalue weighted by Gasteiger charge is -2.15. The van der Waals surface area contributed by atoms with Crippen molar-refractivity contribution in [2.24, 2.45) is 0 Å². The summed E-state index contributed by atoms with van der Waals surface area (Å²) in [6.07, 6.45) is 1.94. The molecule has 0 radical (unpaired) electrons. The third kappa shape index (κ3) is 1.64. The molecule has 0 atom stereocenters. The molecule has 0 unspecified atom stereocenters. The zero-order valence-corrected chi connectivity index (χ0v) is 9.49. The molecular formula is C12H14BNO2. The van der Waals surface area contributed by atoms with E-state index in [0.717, 1.165) is 11.0 Å². The van der Waals surface area contributed by atoms with Gasteiger partial charge in [-0.25, -0.2) is 0 Å². The Labute approximate surface area is 94.9 Å². The second-order valence-electron chi connectivity index (χ2n) is 4.84. The van der Waals surface area contributed by atoms with Crippen LogP contribution in [0.1, 0.15) is 13.8 Å². The number of aromatic amines is 1. The molecule has 2 heterocycles. The number of hydrogen-bond donors (Lipinski definition) is 1. The molecule has 0 bridgehead atoms. The molecule has 2 aromatic rings. The predicted octanol–water partition coefficient (Wildman–Crippen LogP) is 1.69. The van der Waals surface area contributed by atoms with E-state index in [2.05, 4.69) is 29.2 Å². The molecule has 4 heteroatoms. The molecular weight excluding hydrogens is 201 g/mol. The second kappa shape index (κ2) is 3.37. The highest BCUT2D eigenvalue weighted by atomic mass is 16.7. The van der Waals surface area contributed by atoms with Gasteiger partial charge in [-0.15, -0.1) is 0 Å². The number of rotatable bonds is 1. The Morgan fingerprint density at radius 3 is 2.94 bits per heavy atom. The topological polar surface area (TPSA) is 34.2 Å². The lowest BCUT2D eigenvalue weighted by atomic mass is 9.79. The van der Waals surface area contributed by atoms with Gasteiger partial charge in [0.2, 0.25) is 0 Å². The summed E-state index contributed by atoms with van der Waals surface area (Å²) in [6, 6.07) is 8.28. The van der Waals surface area contributed by atoms with E-state index in [0.29, 0.717) is 6.61 Å². The Balaban J connectivity index is 1.94. The minimum Gasteiger partial charge on any atom is -0.404 e. The van der Waals surface area contributed by atoms with E-state index in [1.165, 1.54) is 5.39 Å². The van der Waals surface area contributed by atoms with Gasteiger partial charge in [0, 0.05) is 11.7 Å². The minimum absolute atomic E-state index is 0.185. The average molecular weight is 215 g/mol. The zero-order chi connectivity index (χ0) is 11.2. The summed E-state index contributed by atoms with van der Waals surface area (Å²) < 4.78 is 11.5. The predicted molar refractivity (Wildman–Crippen MR) is 64.8 cm³/mol. The molecule has 0 aliphatic carbocycles. The molecule has 1 aliphatic rings. The number of hydrogen-bond acceptors (Lipinski definition) is 2. The van der Waals surface area contributed by atoms with Crippen molar-refractivity contribution >= 4 is 23.5 Å². The van der Waals surface area contributed by atoms with E-state index in [-0.39, 0.29) is 12.7 Å². The fraction of sp³-hybridized carbons (Fsp3) is 0.333. The van der Waals surface area contributed by atoms with Gasteiger partial charge in [-0.2, -0.15) is 0 Å². The van der Waals surface area contributed by atoms with Crippen molar-refractivity contribution in [3.05, 3.63) is 30.5 Å². The van der Waals surface area contributed by atoms with Crippen LogP contribution in [0, 0.1) is 0 Å². The van der Waals surface area contributed by atoms with Gasteiger partial charge in [0.1, 0.15) is 0 Å². The highest BCUT2D eigenvalue weighted by Gasteiger charge is 2.38. The van der Waals surface area contributed by atoms with Crippen molar-refractivity contribution in [2.75, 3.05) is 6.61 Å². The maximum absolute atomic E-state index is 5.82. The Kier molecular flexibility index (Phi) is 2.09. The van der Waals surface area contributed by atoms with Gasteiger partial charge in [-0.3, -0.25) is 0 Å². The third-order valence-corrected chi connectivity index (χ3v) is 2.86. The molecule has 0 amide bonds. The van der Waals surface area contributed by atoms with Gasteiger partial charge in [-0.05, 0) is 36.8 Å². The van der Waals surface area contributed by atoms with Crippen molar-refractivity contribution in [1.82, 2.24) is 4.98 Å². The minimum atomic E-state index is -0.234. The molecule has 1 fully saturated rings. The Hall–Kier alpha value is -1.26. The number of nitrogens with one attached hydrogen (secondary N) is 1. The van der Waals surface area contributed by atoms with E-state index >= 15 is 0 Å². The van der Waals surface area contributed by atoms with Crippen LogP contribution in [-0.2, 0) is 9.31 Å². The van der Waals surface area contributed by atoms with Gasteiger partial charge >= 0.3 is 7.12 Å². The molecule has 1 aromatic heterocycles. The average Bonchev–Trinajstić information content (AvgIpc) is 2.82. The summed E-state index contributed by atoms with van der Waals surface area (Å²) in [5.41, 5.74) is 2.00. The van der Waals surface area contributed by atoms with Crippen molar-refractivity contribution < 1.29 is 9.31 Å². The SMILES string of the molecule is CC1(C)COB(c2ccc3cc[nH]c3c2)O1. The van der Waals surface area contributed by atoms with Crippen LogP contribution in [0.25, 0.3) is 10.9 Å². The normalized spacial score (nSPS) is 19.5. The van der Waals surface area contributed by atoms with Crippen molar-refractivity contribution in [2.45, 2.75) is 19.4 Å². The molecule has 1 N–H and O–H groups in total. The van der Waals surface area contributed by atoms with Gasteiger partial charge in [-0.1, -0.05) is 12.1 Å². The summed E-state index contributed by atoms with van der Waals surface area (Å²) in [4.78, 5) is 3.19. The zero-order valence-electron chi connectivity index (χ0n) is 9.49. The summed E-state index contributed by atoms with van der Waals surface area (Å²) in [5, 5.41) is 1.21.